The lowest BCUT2D eigenvalue weighted by Gasteiger charge is -2.23. The number of sulfone groups is 1. The summed E-state index contributed by atoms with van der Waals surface area (Å²) in [6, 6.07) is 24.7. The number of amides is 1. The lowest BCUT2D eigenvalue weighted by atomic mass is 10.1. The number of carbonyl (C=O) groups is 2. The second kappa shape index (κ2) is 10.0. The van der Waals surface area contributed by atoms with Crippen LogP contribution in [0.4, 0.5) is 0 Å². The molecule has 0 spiro atoms. The van der Waals surface area contributed by atoms with Gasteiger partial charge < -0.3 is 9.64 Å². The fourth-order valence-electron chi connectivity index (χ4n) is 3.00. The molecule has 3 aromatic carbocycles. The molecule has 31 heavy (non-hydrogen) atoms. The number of hydrogen-bond acceptors (Lipinski definition) is 5. The molecule has 0 aliphatic heterocycles. The summed E-state index contributed by atoms with van der Waals surface area (Å²) in [5.74, 6) is -1.10. The van der Waals surface area contributed by atoms with E-state index in [4.69, 9.17) is 4.74 Å². The van der Waals surface area contributed by atoms with E-state index in [9.17, 15) is 18.0 Å². The van der Waals surface area contributed by atoms with Crippen LogP contribution in [-0.4, -0.2) is 38.1 Å². The molecule has 7 heteroatoms. The highest BCUT2D eigenvalue weighted by atomic mass is 32.2. The first-order valence-electron chi connectivity index (χ1n) is 9.66. The zero-order chi connectivity index (χ0) is 22.3. The Hall–Kier alpha value is -3.45. The lowest BCUT2D eigenvalue weighted by molar-refractivity contribution is -0.135. The Morgan fingerprint density at radius 2 is 1.35 bits per heavy atom. The minimum Gasteiger partial charge on any atom is -0.452 e. The molecule has 0 radical (unpaired) electrons. The molecule has 3 rings (SSSR count). The second-order valence-corrected chi connectivity index (χ2v) is 9.11. The van der Waals surface area contributed by atoms with Gasteiger partial charge in [0.05, 0.1) is 10.5 Å². The van der Waals surface area contributed by atoms with Crippen LogP contribution >= 0.6 is 0 Å². The Kier molecular flexibility index (Phi) is 7.20. The SMILES string of the molecule is CS(=O)(=O)c1cccc(C(=O)OCC(=O)N(Cc2ccccc2)Cc2ccccc2)c1. The van der Waals surface area contributed by atoms with Gasteiger partial charge in [-0.1, -0.05) is 66.7 Å². The molecular weight excluding hydrogens is 414 g/mol. The fourth-order valence-corrected chi connectivity index (χ4v) is 3.66. The monoisotopic (exact) mass is 437 g/mol. The average molecular weight is 438 g/mol. The zero-order valence-corrected chi connectivity index (χ0v) is 17.9. The lowest BCUT2D eigenvalue weighted by Crippen LogP contribution is -2.34. The summed E-state index contributed by atoms with van der Waals surface area (Å²) in [7, 11) is -3.46. The largest absolute Gasteiger partial charge is 0.452 e. The van der Waals surface area contributed by atoms with Crippen LogP contribution in [0.3, 0.4) is 0 Å². The summed E-state index contributed by atoms with van der Waals surface area (Å²) in [5.41, 5.74) is 1.99. The van der Waals surface area contributed by atoms with E-state index in [2.05, 4.69) is 0 Å². The summed E-state index contributed by atoms with van der Waals surface area (Å²) in [4.78, 5) is 26.9. The van der Waals surface area contributed by atoms with Crippen molar-refractivity contribution in [1.82, 2.24) is 4.90 Å². The van der Waals surface area contributed by atoms with Crippen molar-refractivity contribution in [3.8, 4) is 0 Å². The van der Waals surface area contributed by atoms with Crippen LogP contribution < -0.4 is 0 Å². The smallest absolute Gasteiger partial charge is 0.338 e. The minimum absolute atomic E-state index is 0.0167. The van der Waals surface area contributed by atoms with Crippen LogP contribution in [0.25, 0.3) is 0 Å². The third kappa shape index (κ3) is 6.52. The maximum Gasteiger partial charge on any atom is 0.338 e. The Balaban J connectivity index is 1.70. The molecule has 0 heterocycles. The third-order valence-electron chi connectivity index (χ3n) is 4.61. The van der Waals surface area contributed by atoms with Crippen LogP contribution in [0.1, 0.15) is 21.5 Å². The summed E-state index contributed by atoms with van der Waals surface area (Å²) in [6.07, 6.45) is 1.06. The third-order valence-corrected chi connectivity index (χ3v) is 5.72. The molecule has 0 aromatic heterocycles. The van der Waals surface area contributed by atoms with E-state index < -0.39 is 22.4 Å². The number of benzene rings is 3. The molecule has 1 amide bonds. The van der Waals surface area contributed by atoms with Gasteiger partial charge >= 0.3 is 5.97 Å². The average Bonchev–Trinajstić information content (AvgIpc) is 2.77. The topological polar surface area (TPSA) is 80.7 Å². The number of esters is 1. The molecule has 0 saturated heterocycles. The van der Waals surface area contributed by atoms with Crippen LogP contribution in [0.5, 0.6) is 0 Å². The van der Waals surface area contributed by atoms with Gasteiger partial charge in [0.25, 0.3) is 5.91 Å². The molecule has 0 saturated carbocycles. The van der Waals surface area contributed by atoms with Crippen LogP contribution in [0, 0.1) is 0 Å². The second-order valence-electron chi connectivity index (χ2n) is 7.10. The molecule has 0 aliphatic rings. The van der Waals surface area contributed by atoms with Crippen molar-refractivity contribution < 1.29 is 22.7 Å². The van der Waals surface area contributed by atoms with E-state index in [1.54, 1.807) is 4.90 Å². The maximum absolute atomic E-state index is 12.9. The van der Waals surface area contributed by atoms with E-state index in [0.29, 0.717) is 13.1 Å². The van der Waals surface area contributed by atoms with Gasteiger partial charge in [0.15, 0.2) is 16.4 Å². The van der Waals surface area contributed by atoms with Crippen molar-refractivity contribution in [3.63, 3.8) is 0 Å². The summed E-state index contributed by atoms with van der Waals surface area (Å²) >= 11 is 0. The van der Waals surface area contributed by atoms with Gasteiger partial charge in [-0.3, -0.25) is 4.79 Å². The molecule has 0 atom stereocenters. The van der Waals surface area contributed by atoms with E-state index in [1.165, 1.54) is 24.3 Å². The predicted molar refractivity (Wildman–Crippen MR) is 117 cm³/mol. The van der Waals surface area contributed by atoms with Crippen molar-refractivity contribution in [1.29, 1.82) is 0 Å². The number of nitrogens with zero attached hydrogens (tertiary/aromatic N) is 1. The molecule has 0 bridgehead atoms. The molecular formula is C24H23NO5S. The molecule has 3 aromatic rings. The van der Waals surface area contributed by atoms with E-state index >= 15 is 0 Å². The fraction of sp³-hybridized carbons (Fsp3) is 0.167. The quantitative estimate of drug-likeness (QED) is 0.504. The van der Waals surface area contributed by atoms with Crippen molar-refractivity contribution in [2.75, 3.05) is 12.9 Å². The highest BCUT2D eigenvalue weighted by molar-refractivity contribution is 7.90. The Morgan fingerprint density at radius 1 is 0.806 bits per heavy atom. The highest BCUT2D eigenvalue weighted by Gasteiger charge is 2.18. The Bertz CT molecular complexity index is 1100. The van der Waals surface area contributed by atoms with Crippen LogP contribution in [0.15, 0.2) is 89.8 Å². The normalized spacial score (nSPS) is 11.0. The minimum atomic E-state index is -3.46. The molecule has 0 N–H and O–H groups in total. The van der Waals surface area contributed by atoms with Gasteiger partial charge in [-0.05, 0) is 29.3 Å². The number of hydrogen-bond donors (Lipinski definition) is 0. The standard InChI is InChI=1S/C24H23NO5S/c1-31(28,29)22-14-8-13-21(15-22)24(27)30-18-23(26)25(16-19-9-4-2-5-10-19)17-20-11-6-3-7-12-20/h2-15H,16-18H2,1H3. The van der Waals surface area contributed by atoms with Crippen LogP contribution in [-0.2, 0) is 32.5 Å². The zero-order valence-electron chi connectivity index (χ0n) is 17.1. The molecule has 160 valence electrons. The maximum atomic E-state index is 12.9. The number of rotatable bonds is 8. The first-order valence-corrected chi connectivity index (χ1v) is 11.5. The van der Waals surface area contributed by atoms with Crippen molar-refractivity contribution in [2.24, 2.45) is 0 Å². The van der Waals surface area contributed by atoms with Crippen molar-refractivity contribution in [3.05, 3.63) is 102 Å². The van der Waals surface area contributed by atoms with Crippen LogP contribution in [0.2, 0.25) is 0 Å². The molecule has 0 aliphatic carbocycles. The molecule has 0 unspecified atom stereocenters. The first kappa shape index (κ1) is 22.2. The van der Waals surface area contributed by atoms with E-state index in [-0.39, 0.29) is 16.4 Å². The van der Waals surface area contributed by atoms with Gasteiger partial charge in [-0.25, -0.2) is 13.2 Å². The Labute approximate surface area is 182 Å². The van der Waals surface area contributed by atoms with E-state index in [1.807, 2.05) is 60.7 Å². The number of ether oxygens (including phenoxy) is 1. The summed E-state index contributed by atoms with van der Waals surface area (Å²) in [5, 5.41) is 0. The van der Waals surface area contributed by atoms with Crippen molar-refractivity contribution >= 4 is 21.7 Å². The first-order chi connectivity index (χ1) is 14.8. The Morgan fingerprint density at radius 3 is 1.87 bits per heavy atom. The van der Waals surface area contributed by atoms with Gasteiger partial charge in [0, 0.05) is 19.3 Å². The molecule has 0 fully saturated rings. The highest BCUT2D eigenvalue weighted by Crippen LogP contribution is 2.14. The van der Waals surface area contributed by atoms with Crippen molar-refractivity contribution in [2.45, 2.75) is 18.0 Å². The van der Waals surface area contributed by atoms with Gasteiger partial charge in [-0.2, -0.15) is 0 Å². The van der Waals surface area contributed by atoms with Gasteiger partial charge in [-0.15, -0.1) is 0 Å². The van der Waals surface area contributed by atoms with E-state index in [0.717, 1.165) is 17.4 Å². The summed E-state index contributed by atoms with van der Waals surface area (Å²) in [6.45, 7) is 0.299. The van der Waals surface area contributed by atoms with Gasteiger partial charge in [0.1, 0.15) is 0 Å². The van der Waals surface area contributed by atoms with Gasteiger partial charge in [0.2, 0.25) is 0 Å². The summed E-state index contributed by atoms with van der Waals surface area (Å²) < 4.78 is 28.6. The number of carbonyl (C=O) groups excluding carboxylic acids is 2. The predicted octanol–water partition coefficient (Wildman–Crippen LogP) is 3.48. The molecule has 6 nitrogen and oxygen atoms in total.